The molecule has 0 spiro atoms. The summed E-state index contributed by atoms with van der Waals surface area (Å²) in [4.78, 5) is 25.9. The molecular weight excluding hydrogens is 460 g/mol. The predicted molar refractivity (Wildman–Crippen MR) is 124 cm³/mol. The van der Waals surface area contributed by atoms with Crippen LogP contribution >= 0.6 is 0 Å². The molecule has 3 heterocycles. The first-order chi connectivity index (χ1) is 16.7. The zero-order valence-electron chi connectivity index (χ0n) is 18.5. The van der Waals surface area contributed by atoms with Crippen molar-refractivity contribution in [3.05, 3.63) is 56.7 Å². The summed E-state index contributed by atoms with van der Waals surface area (Å²) in [7, 11) is 0. The summed E-state index contributed by atoms with van der Waals surface area (Å²) in [6.45, 7) is 3.23. The number of aliphatic hydroxyl groups is 3. The molecule has 5 atom stereocenters. The fourth-order valence-corrected chi connectivity index (χ4v) is 4.91. The van der Waals surface area contributed by atoms with E-state index in [0.717, 1.165) is 0 Å². The third-order valence-electron chi connectivity index (χ3n) is 6.70. The van der Waals surface area contributed by atoms with Crippen molar-refractivity contribution in [2.75, 3.05) is 0 Å². The summed E-state index contributed by atoms with van der Waals surface area (Å²) in [5, 5.41) is 42.6. The van der Waals surface area contributed by atoms with Gasteiger partial charge in [0.15, 0.2) is 5.58 Å². The Labute approximate surface area is 195 Å². The Morgan fingerprint density at radius 1 is 0.829 bits per heavy atom. The topological polar surface area (TPSA) is 160 Å². The molecule has 0 amide bonds. The van der Waals surface area contributed by atoms with Crippen molar-refractivity contribution in [3.63, 3.8) is 0 Å². The minimum Gasteiger partial charge on any atom is -0.506 e. The van der Waals surface area contributed by atoms with Gasteiger partial charge in [-0.05, 0) is 31.5 Å². The van der Waals surface area contributed by atoms with E-state index < -0.39 is 42.0 Å². The second kappa shape index (κ2) is 7.40. The lowest BCUT2D eigenvalue weighted by Crippen LogP contribution is -2.58. The van der Waals surface area contributed by atoms with E-state index in [1.807, 2.05) is 0 Å². The molecule has 10 heteroatoms. The number of rotatable bonds is 2. The van der Waals surface area contributed by atoms with Gasteiger partial charge in [0, 0.05) is 16.2 Å². The zero-order valence-corrected chi connectivity index (χ0v) is 18.5. The van der Waals surface area contributed by atoms with Crippen molar-refractivity contribution in [2.24, 2.45) is 0 Å². The Bertz CT molecular complexity index is 1750. The van der Waals surface area contributed by atoms with Crippen LogP contribution in [0.15, 0.2) is 48.8 Å². The molecule has 10 nitrogen and oxygen atoms in total. The van der Waals surface area contributed by atoms with E-state index in [9.17, 15) is 30.0 Å². The maximum Gasteiger partial charge on any atom is 0.348 e. The number of phenols is 1. The van der Waals surface area contributed by atoms with Gasteiger partial charge in [0.05, 0.1) is 16.9 Å². The molecule has 5 aromatic rings. The van der Waals surface area contributed by atoms with Gasteiger partial charge in [-0.3, -0.25) is 0 Å². The van der Waals surface area contributed by atoms with Crippen molar-refractivity contribution < 1.29 is 38.7 Å². The molecule has 180 valence electrons. The van der Waals surface area contributed by atoms with Crippen molar-refractivity contribution >= 4 is 43.5 Å². The maximum atomic E-state index is 13.1. The van der Waals surface area contributed by atoms with E-state index in [1.54, 1.807) is 19.1 Å². The van der Waals surface area contributed by atoms with Crippen LogP contribution in [0.4, 0.5) is 0 Å². The van der Waals surface area contributed by atoms with Crippen molar-refractivity contribution in [3.8, 4) is 11.5 Å². The third-order valence-corrected chi connectivity index (χ3v) is 6.70. The number of ether oxygens (including phenoxy) is 2. The standard InChI is InChI=1S/C25H20O10/c1-8-6-7-12-15-13(8)23(30)35-22-14-10(19(27)17(16(15)22)24(31)33-12)4-3-5-11(14)34-25-21(29)20(28)18(26)9(2)32-25/h3-7,9,18,20-21,25-29H,1-2H3/t9-,18+,20+,21-,25-/m1/s1. The fraction of sp³-hybridized carbons (Fsp3) is 0.280. The largest absolute Gasteiger partial charge is 0.506 e. The maximum absolute atomic E-state index is 13.1. The molecular formula is C25H20O10. The van der Waals surface area contributed by atoms with E-state index in [1.165, 1.54) is 25.1 Å². The summed E-state index contributed by atoms with van der Waals surface area (Å²) in [5.41, 5.74) is -0.714. The highest BCUT2D eigenvalue weighted by Gasteiger charge is 2.43. The van der Waals surface area contributed by atoms with Crippen molar-refractivity contribution in [2.45, 2.75) is 44.6 Å². The van der Waals surface area contributed by atoms with Crippen molar-refractivity contribution in [1.82, 2.24) is 0 Å². The number of aliphatic hydroxyl groups excluding tert-OH is 3. The minimum absolute atomic E-state index is 0.0108. The number of phenolic OH excluding ortho intramolecular Hbond substituents is 1. The Balaban J connectivity index is 1.71. The van der Waals surface area contributed by atoms with Crippen molar-refractivity contribution in [1.29, 1.82) is 0 Å². The molecule has 35 heavy (non-hydrogen) atoms. The zero-order chi connectivity index (χ0) is 24.8. The number of benzene rings is 3. The van der Waals surface area contributed by atoms with Crippen LogP contribution in [0.1, 0.15) is 12.5 Å². The van der Waals surface area contributed by atoms with Gasteiger partial charge >= 0.3 is 11.3 Å². The highest BCUT2D eigenvalue weighted by Crippen LogP contribution is 2.45. The fourth-order valence-electron chi connectivity index (χ4n) is 4.91. The van der Waals surface area contributed by atoms with Crippen LogP contribution in [0.3, 0.4) is 0 Å². The van der Waals surface area contributed by atoms with Crippen LogP contribution in [0, 0.1) is 6.92 Å². The second-order valence-electron chi connectivity index (χ2n) is 8.82. The molecule has 2 aromatic heterocycles. The number of aromatic hydroxyl groups is 1. The number of hydrogen-bond acceptors (Lipinski definition) is 10. The van der Waals surface area contributed by atoms with Crippen LogP contribution in [0.5, 0.6) is 11.5 Å². The van der Waals surface area contributed by atoms with E-state index in [0.29, 0.717) is 10.9 Å². The molecule has 1 aliphatic heterocycles. The molecule has 3 aromatic carbocycles. The van der Waals surface area contributed by atoms with Gasteiger partial charge in [-0.1, -0.05) is 18.2 Å². The molecule has 1 aliphatic rings. The molecule has 0 unspecified atom stereocenters. The van der Waals surface area contributed by atoms with E-state index >= 15 is 0 Å². The van der Waals surface area contributed by atoms with Gasteiger partial charge in [0.1, 0.15) is 40.8 Å². The van der Waals surface area contributed by atoms with Gasteiger partial charge in [0.2, 0.25) is 6.29 Å². The Morgan fingerprint density at radius 3 is 2.34 bits per heavy atom. The van der Waals surface area contributed by atoms with Crippen LogP contribution < -0.4 is 16.0 Å². The molecule has 4 N–H and O–H groups in total. The van der Waals surface area contributed by atoms with Crippen LogP contribution in [0.2, 0.25) is 0 Å². The van der Waals surface area contributed by atoms with Gasteiger partial charge < -0.3 is 38.7 Å². The van der Waals surface area contributed by atoms with E-state index in [4.69, 9.17) is 18.3 Å². The molecule has 0 saturated carbocycles. The van der Waals surface area contributed by atoms with Crippen LogP contribution in [-0.2, 0) is 4.74 Å². The van der Waals surface area contributed by atoms with Crippen LogP contribution in [0.25, 0.3) is 43.5 Å². The molecule has 6 rings (SSSR count). The van der Waals surface area contributed by atoms with Gasteiger partial charge in [-0.25, -0.2) is 9.59 Å². The predicted octanol–water partition coefficient (Wildman–Crippen LogP) is 1.86. The average Bonchev–Trinajstić information content (AvgIpc) is 2.83. The van der Waals surface area contributed by atoms with Gasteiger partial charge in [-0.2, -0.15) is 0 Å². The lowest BCUT2D eigenvalue weighted by molar-refractivity contribution is -0.267. The molecule has 0 radical (unpaired) electrons. The average molecular weight is 480 g/mol. The summed E-state index contributed by atoms with van der Waals surface area (Å²) >= 11 is 0. The highest BCUT2D eigenvalue weighted by atomic mass is 16.7. The monoisotopic (exact) mass is 480 g/mol. The molecule has 1 fully saturated rings. The number of aryl methyl sites for hydroxylation is 1. The van der Waals surface area contributed by atoms with Gasteiger partial charge in [0.25, 0.3) is 0 Å². The summed E-state index contributed by atoms with van der Waals surface area (Å²) in [6.07, 6.45) is -6.67. The summed E-state index contributed by atoms with van der Waals surface area (Å²) < 4.78 is 22.6. The van der Waals surface area contributed by atoms with Gasteiger partial charge in [-0.15, -0.1) is 0 Å². The summed E-state index contributed by atoms with van der Waals surface area (Å²) in [6, 6.07) is 7.75. The number of fused-ring (bicyclic) bond motifs is 2. The summed E-state index contributed by atoms with van der Waals surface area (Å²) in [5.74, 6) is -0.334. The molecule has 0 aliphatic carbocycles. The lowest BCUT2D eigenvalue weighted by atomic mass is 9.96. The lowest BCUT2D eigenvalue weighted by Gasteiger charge is -2.39. The Kier molecular flexibility index (Phi) is 4.61. The Morgan fingerprint density at radius 2 is 1.57 bits per heavy atom. The third kappa shape index (κ3) is 2.91. The van der Waals surface area contributed by atoms with E-state index in [2.05, 4.69) is 0 Å². The van der Waals surface area contributed by atoms with Crippen LogP contribution in [-0.4, -0.2) is 51.1 Å². The van der Waals surface area contributed by atoms with E-state index in [-0.39, 0.29) is 49.6 Å². The Hall–Kier alpha value is -3.70. The second-order valence-corrected chi connectivity index (χ2v) is 8.82. The highest BCUT2D eigenvalue weighted by molar-refractivity contribution is 6.28. The molecule has 0 bridgehead atoms. The first-order valence-electron chi connectivity index (χ1n) is 10.9. The smallest absolute Gasteiger partial charge is 0.348 e. The SMILES string of the molecule is Cc1ccc2oc(=O)c3c(O)c4cccc(O[C@H]5O[C@H](C)[C@H](O)[C@H](O)[C@H]5O)c4c4oc(=O)c1c2c34. The molecule has 1 saturated heterocycles. The quantitative estimate of drug-likeness (QED) is 0.167. The normalized spacial score (nSPS) is 25.2. The number of hydrogen-bond donors (Lipinski definition) is 4. The first-order valence-corrected chi connectivity index (χ1v) is 10.9. The minimum atomic E-state index is -1.59. The first kappa shape index (κ1) is 21.8.